The first-order chi connectivity index (χ1) is 20.6. The van der Waals surface area contributed by atoms with Crippen molar-refractivity contribution >= 4 is 18.0 Å². The van der Waals surface area contributed by atoms with Crippen LogP contribution in [-0.2, 0) is 23.7 Å². The lowest BCUT2D eigenvalue weighted by Crippen LogP contribution is -2.37. The fourth-order valence-corrected chi connectivity index (χ4v) is 4.87. The second-order valence-corrected chi connectivity index (χ2v) is 10.9. The van der Waals surface area contributed by atoms with Gasteiger partial charge in [0.05, 0.1) is 11.7 Å². The van der Waals surface area contributed by atoms with Crippen molar-refractivity contribution in [1.82, 2.24) is 0 Å². The van der Waals surface area contributed by atoms with Gasteiger partial charge in [0.2, 0.25) is 0 Å². The fraction of sp³-hybridized carbons (Fsp3) is 0.455. The Kier molecular flexibility index (Phi) is 11.0. The van der Waals surface area contributed by atoms with E-state index in [0.717, 1.165) is 0 Å². The average molecular weight is 596 g/mol. The SMILES string of the molecule is COCOc1cc(OCCN)cc2c1C(=O)O[C@@H](C)[C@H](C)C=CC(OC(=O)c1ccccc1)C1OC(C)(C)O[C@H]1CC=C2. The molecule has 0 amide bonds. The number of carbonyl (C=O) groups is 2. The summed E-state index contributed by atoms with van der Waals surface area (Å²) in [7, 11) is 1.49. The lowest BCUT2D eigenvalue weighted by Gasteiger charge is -2.25. The molecular formula is C33H41NO9. The van der Waals surface area contributed by atoms with Crippen molar-refractivity contribution in [2.24, 2.45) is 11.7 Å². The third-order valence-electron chi connectivity index (χ3n) is 7.13. The number of ether oxygens (including phenoxy) is 7. The van der Waals surface area contributed by atoms with E-state index in [2.05, 4.69) is 0 Å². The number of esters is 2. The number of rotatable bonds is 8. The lowest BCUT2D eigenvalue weighted by atomic mass is 9.98. The smallest absolute Gasteiger partial charge is 0.342 e. The molecule has 43 heavy (non-hydrogen) atoms. The predicted octanol–water partition coefficient (Wildman–Crippen LogP) is 4.91. The second kappa shape index (κ2) is 14.7. The fourth-order valence-electron chi connectivity index (χ4n) is 4.87. The summed E-state index contributed by atoms with van der Waals surface area (Å²) in [5.41, 5.74) is 6.84. The Hall–Kier alpha value is -3.70. The summed E-state index contributed by atoms with van der Waals surface area (Å²) < 4.78 is 41.1. The molecule has 2 aliphatic rings. The van der Waals surface area contributed by atoms with Crippen LogP contribution in [0, 0.1) is 5.92 Å². The molecule has 0 saturated carbocycles. The molecule has 2 aromatic carbocycles. The van der Waals surface area contributed by atoms with E-state index < -0.39 is 42.1 Å². The molecule has 10 heteroatoms. The van der Waals surface area contributed by atoms with E-state index in [1.54, 1.807) is 55.5 Å². The zero-order valence-electron chi connectivity index (χ0n) is 25.3. The molecule has 0 aliphatic carbocycles. The summed E-state index contributed by atoms with van der Waals surface area (Å²) in [6, 6.07) is 12.1. The highest BCUT2D eigenvalue weighted by Crippen LogP contribution is 2.36. The molecule has 0 radical (unpaired) electrons. The van der Waals surface area contributed by atoms with Gasteiger partial charge in [0.25, 0.3) is 0 Å². The van der Waals surface area contributed by atoms with Gasteiger partial charge in [-0.3, -0.25) is 0 Å². The van der Waals surface area contributed by atoms with Crippen molar-refractivity contribution in [2.45, 2.75) is 64.3 Å². The van der Waals surface area contributed by atoms with E-state index in [0.29, 0.717) is 29.8 Å². The lowest BCUT2D eigenvalue weighted by molar-refractivity contribution is -0.152. The highest BCUT2D eigenvalue weighted by Gasteiger charge is 2.45. The van der Waals surface area contributed by atoms with Gasteiger partial charge in [-0.1, -0.05) is 43.4 Å². The van der Waals surface area contributed by atoms with Crippen molar-refractivity contribution in [1.29, 1.82) is 0 Å². The maximum Gasteiger partial charge on any atom is 0.342 e. The molecule has 2 aliphatic heterocycles. The van der Waals surface area contributed by atoms with Crippen LogP contribution in [0.2, 0.25) is 0 Å². The van der Waals surface area contributed by atoms with Crippen molar-refractivity contribution in [3.8, 4) is 11.5 Å². The molecule has 1 fully saturated rings. The zero-order valence-corrected chi connectivity index (χ0v) is 25.3. The summed E-state index contributed by atoms with van der Waals surface area (Å²) in [5, 5.41) is 0. The van der Waals surface area contributed by atoms with Crippen LogP contribution in [-0.4, -0.2) is 69.2 Å². The van der Waals surface area contributed by atoms with Crippen LogP contribution in [0.4, 0.5) is 0 Å². The van der Waals surface area contributed by atoms with Crippen LogP contribution in [0.1, 0.15) is 60.4 Å². The van der Waals surface area contributed by atoms with E-state index in [1.807, 2.05) is 39.0 Å². The third kappa shape index (κ3) is 8.45. The maximum atomic E-state index is 13.6. The highest BCUT2D eigenvalue weighted by molar-refractivity contribution is 5.97. The predicted molar refractivity (Wildman–Crippen MR) is 160 cm³/mol. The quantitative estimate of drug-likeness (QED) is 0.256. The number of hydrogen-bond donors (Lipinski definition) is 1. The van der Waals surface area contributed by atoms with Crippen LogP contribution >= 0.6 is 0 Å². The van der Waals surface area contributed by atoms with Gasteiger partial charge in [0.1, 0.15) is 42.0 Å². The number of carbonyl (C=O) groups excluding carboxylic acids is 2. The Morgan fingerprint density at radius 1 is 1.07 bits per heavy atom. The first-order valence-electron chi connectivity index (χ1n) is 14.4. The molecule has 4 rings (SSSR count). The van der Waals surface area contributed by atoms with E-state index in [-0.39, 0.29) is 30.6 Å². The first-order valence-corrected chi connectivity index (χ1v) is 14.4. The molecular weight excluding hydrogens is 554 g/mol. The average Bonchev–Trinajstić information content (AvgIpc) is 3.30. The Bertz CT molecular complexity index is 1310. The van der Waals surface area contributed by atoms with E-state index in [9.17, 15) is 9.59 Å². The Morgan fingerprint density at radius 3 is 2.56 bits per heavy atom. The molecule has 2 heterocycles. The standard InChI is InChI=1S/C33H41NO9/c1-21-14-15-26(41-31(35)23-10-7-6-8-11-23)30-27(42-33(3,4)43-30)13-9-12-24-18-25(38-17-16-34)19-28(39-20-37-5)29(24)32(36)40-22(21)2/h6-12,14-15,18-19,21-22,26-27,30H,13,16-17,20,34H2,1-5H3/t21-,22+,26?,27+,30?/m1/s1. The Balaban J connectivity index is 1.74. The monoisotopic (exact) mass is 595 g/mol. The van der Waals surface area contributed by atoms with Gasteiger partial charge < -0.3 is 38.9 Å². The molecule has 1 saturated heterocycles. The number of hydrogen-bond acceptors (Lipinski definition) is 10. The minimum Gasteiger partial charge on any atom is -0.492 e. The van der Waals surface area contributed by atoms with Crippen LogP contribution in [0.15, 0.2) is 60.7 Å². The first kappa shape index (κ1) is 32.2. The van der Waals surface area contributed by atoms with Gasteiger partial charge in [-0.25, -0.2) is 9.59 Å². The number of cyclic esters (lactones) is 1. The summed E-state index contributed by atoms with van der Waals surface area (Å²) >= 11 is 0. The van der Waals surface area contributed by atoms with Crippen molar-refractivity contribution < 1.29 is 42.7 Å². The van der Waals surface area contributed by atoms with E-state index in [1.165, 1.54) is 7.11 Å². The van der Waals surface area contributed by atoms with Crippen LogP contribution in [0.25, 0.3) is 6.08 Å². The van der Waals surface area contributed by atoms with Crippen molar-refractivity contribution in [3.05, 3.63) is 77.4 Å². The van der Waals surface area contributed by atoms with Gasteiger partial charge in [-0.15, -0.1) is 0 Å². The number of benzene rings is 2. The number of nitrogens with two attached hydrogens (primary N) is 1. The Labute approximate surface area is 252 Å². The minimum atomic E-state index is -0.914. The molecule has 0 aromatic heterocycles. The number of fused-ring (bicyclic) bond motifs is 2. The molecule has 0 bridgehead atoms. The van der Waals surface area contributed by atoms with E-state index >= 15 is 0 Å². The van der Waals surface area contributed by atoms with Gasteiger partial charge in [0, 0.05) is 25.6 Å². The van der Waals surface area contributed by atoms with Gasteiger partial charge in [-0.05, 0) is 57.0 Å². The van der Waals surface area contributed by atoms with Crippen LogP contribution < -0.4 is 15.2 Å². The molecule has 2 N–H and O–H groups in total. The largest absolute Gasteiger partial charge is 0.492 e. The molecule has 5 atom stereocenters. The van der Waals surface area contributed by atoms with Crippen molar-refractivity contribution in [2.75, 3.05) is 27.1 Å². The number of methoxy groups -OCH3 is 1. The minimum absolute atomic E-state index is 0.0778. The highest BCUT2D eigenvalue weighted by atomic mass is 16.8. The molecule has 2 aromatic rings. The molecule has 232 valence electrons. The zero-order chi connectivity index (χ0) is 31.0. The van der Waals surface area contributed by atoms with Gasteiger partial charge >= 0.3 is 11.9 Å². The molecule has 2 unspecified atom stereocenters. The van der Waals surface area contributed by atoms with E-state index in [4.69, 9.17) is 38.9 Å². The third-order valence-corrected chi connectivity index (χ3v) is 7.13. The molecule has 0 spiro atoms. The summed E-state index contributed by atoms with van der Waals surface area (Å²) in [6.07, 6.45) is 5.34. The molecule has 10 nitrogen and oxygen atoms in total. The Morgan fingerprint density at radius 2 is 1.84 bits per heavy atom. The van der Waals surface area contributed by atoms with Crippen LogP contribution in [0.3, 0.4) is 0 Å². The normalized spacial score (nSPS) is 25.2. The van der Waals surface area contributed by atoms with Crippen LogP contribution in [0.5, 0.6) is 11.5 Å². The second-order valence-electron chi connectivity index (χ2n) is 10.9. The topological polar surface area (TPSA) is 125 Å². The summed E-state index contributed by atoms with van der Waals surface area (Å²) in [4.78, 5) is 26.7. The van der Waals surface area contributed by atoms with Gasteiger partial charge in [0.15, 0.2) is 12.6 Å². The van der Waals surface area contributed by atoms with Gasteiger partial charge in [-0.2, -0.15) is 0 Å². The maximum absolute atomic E-state index is 13.6. The summed E-state index contributed by atoms with van der Waals surface area (Å²) in [5.74, 6) is -1.46. The van der Waals surface area contributed by atoms with Crippen molar-refractivity contribution in [3.63, 3.8) is 0 Å². The summed E-state index contributed by atoms with van der Waals surface area (Å²) in [6.45, 7) is 7.88.